The van der Waals surface area contributed by atoms with Gasteiger partial charge in [0.2, 0.25) is 5.88 Å². The molecule has 96 valence electrons. The van der Waals surface area contributed by atoms with Gasteiger partial charge in [-0.3, -0.25) is 0 Å². The fourth-order valence-corrected chi connectivity index (χ4v) is 1.80. The number of nitrogens with zero attached hydrogens (tertiary/aromatic N) is 3. The Hall–Kier alpha value is -2.26. The van der Waals surface area contributed by atoms with Crippen LogP contribution in [-0.4, -0.2) is 23.3 Å². The van der Waals surface area contributed by atoms with E-state index in [1.807, 2.05) is 6.26 Å². The first kappa shape index (κ1) is 13.2. The number of nitrogens with one attached hydrogen (secondary N) is 1. The Labute approximate surface area is 115 Å². The Bertz CT molecular complexity index is 602. The van der Waals surface area contributed by atoms with Gasteiger partial charge in [0.25, 0.3) is 0 Å². The second-order valence-corrected chi connectivity index (χ2v) is 4.34. The van der Waals surface area contributed by atoms with Crippen LogP contribution in [0.3, 0.4) is 0 Å². The molecule has 1 heterocycles. The summed E-state index contributed by atoms with van der Waals surface area (Å²) in [6.45, 7) is 0. The highest BCUT2D eigenvalue weighted by molar-refractivity contribution is 7.98. The number of anilines is 1. The largest absolute Gasteiger partial charge is 0.439 e. The van der Waals surface area contributed by atoms with Gasteiger partial charge < -0.3 is 10.1 Å². The Balaban J connectivity index is 2.29. The number of thioether (sulfide) groups is 1. The molecule has 1 aromatic carbocycles. The number of hydrogen-bond donors (Lipinski definition) is 1. The van der Waals surface area contributed by atoms with Gasteiger partial charge in [0.05, 0.1) is 11.6 Å². The molecule has 0 spiro atoms. The Kier molecular flexibility index (Phi) is 4.21. The van der Waals surface area contributed by atoms with E-state index in [1.54, 1.807) is 37.4 Å². The molecule has 0 atom stereocenters. The number of aromatic nitrogens is 2. The van der Waals surface area contributed by atoms with Gasteiger partial charge in [-0.25, -0.2) is 4.98 Å². The van der Waals surface area contributed by atoms with Gasteiger partial charge in [0.15, 0.2) is 5.16 Å². The summed E-state index contributed by atoms with van der Waals surface area (Å²) in [6.07, 6.45) is 1.90. The minimum atomic E-state index is 0.443. The molecule has 0 aliphatic heterocycles. The molecular formula is C13H12N4OS. The normalized spacial score (nSPS) is 9.74. The molecule has 0 saturated heterocycles. The first-order valence-corrected chi connectivity index (χ1v) is 6.76. The van der Waals surface area contributed by atoms with E-state index in [-0.39, 0.29) is 0 Å². The van der Waals surface area contributed by atoms with Crippen LogP contribution in [0.1, 0.15) is 5.56 Å². The molecule has 6 heteroatoms. The van der Waals surface area contributed by atoms with Crippen molar-refractivity contribution >= 4 is 17.6 Å². The lowest BCUT2D eigenvalue weighted by Gasteiger charge is -2.08. The highest BCUT2D eigenvalue weighted by Crippen LogP contribution is 2.24. The molecule has 1 N–H and O–H groups in total. The van der Waals surface area contributed by atoms with Crippen LogP contribution >= 0.6 is 11.8 Å². The molecule has 2 rings (SSSR count). The van der Waals surface area contributed by atoms with Crippen molar-refractivity contribution in [3.05, 3.63) is 35.9 Å². The van der Waals surface area contributed by atoms with E-state index in [0.29, 0.717) is 28.2 Å². The molecule has 0 aliphatic rings. The summed E-state index contributed by atoms with van der Waals surface area (Å²) in [6, 6.07) is 10.7. The molecular weight excluding hydrogens is 260 g/mol. The molecule has 0 aliphatic carbocycles. The van der Waals surface area contributed by atoms with Crippen LogP contribution in [0.2, 0.25) is 0 Å². The van der Waals surface area contributed by atoms with Crippen LogP contribution in [-0.2, 0) is 0 Å². The molecule has 5 nitrogen and oxygen atoms in total. The minimum absolute atomic E-state index is 0.443. The van der Waals surface area contributed by atoms with Gasteiger partial charge in [-0.15, -0.1) is 0 Å². The number of benzene rings is 1. The zero-order valence-corrected chi connectivity index (χ0v) is 11.4. The Morgan fingerprint density at radius 1 is 1.32 bits per heavy atom. The van der Waals surface area contributed by atoms with Crippen molar-refractivity contribution in [1.29, 1.82) is 5.26 Å². The van der Waals surface area contributed by atoms with Gasteiger partial charge in [-0.05, 0) is 24.5 Å². The van der Waals surface area contributed by atoms with Crippen molar-refractivity contribution in [3.8, 4) is 17.7 Å². The summed E-state index contributed by atoms with van der Waals surface area (Å²) in [4.78, 5) is 8.51. The van der Waals surface area contributed by atoms with E-state index in [0.717, 1.165) is 0 Å². The standard InChI is InChI=1S/C13H12N4OS/c1-15-11-7-12(17-13(16-11)19-2)18-10-5-3-4-9(6-10)8-14/h3-7H,1-2H3,(H,15,16,17). The van der Waals surface area contributed by atoms with E-state index in [1.165, 1.54) is 11.8 Å². The third-order valence-corrected chi connectivity index (χ3v) is 2.85. The van der Waals surface area contributed by atoms with Crippen molar-refractivity contribution in [2.45, 2.75) is 5.16 Å². The first-order chi connectivity index (χ1) is 9.25. The molecule has 1 aromatic heterocycles. The highest BCUT2D eigenvalue weighted by atomic mass is 32.2. The second kappa shape index (κ2) is 6.07. The van der Waals surface area contributed by atoms with E-state index in [4.69, 9.17) is 10.00 Å². The van der Waals surface area contributed by atoms with E-state index < -0.39 is 0 Å². The molecule has 0 unspecified atom stereocenters. The lowest BCUT2D eigenvalue weighted by Crippen LogP contribution is -1.98. The average Bonchev–Trinajstić information content (AvgIpc) is 2.47. The van der Waals surface area contributed by atoms with Crippen LogP contribution in [0, 0.1) is 11.3 Å². The predicted molar refractivity (Wildman–Crippen MR) is 74.6 cm³/mol. The van der Waals surface area contributed by atoms with E-state index in [9.17, 15) is 0 Å². The number of ether oxygens (including phenoxy) is 1. The summed E-state index contributed by atoms with van der Waals surface area (Å²) in [7, 11) is 1.78. The maximum atomic E-state index is 8.85. The van der Waals surface area contributed by atoms with E-state index >= 15 is 0 Å². The second-order valence-electron chi connectivity index (χ2n) is 3.57. The highest BCUT2D eigenvalue weighted by Gasteiger charge is 2.05. The molecule has 19 heavy (non-hydrogen) atoms. The summed E-state index contributed by atoms with van der Waals surface area (Å²) >= 11 is 1.44. The third-order valence-electron chi connectivity index (χ3n) is 2.31. The number of hydrogen-bond acceptors (Lipinski definition) is 6. The molecule has 2 aromatic rings. The van der Waals surface area contributed by atoms with Crippen molar-refractivity contribution in [2.24, 2.45) is 0 Å². The zero-order valence-electron chi connectivity index (χ0n) is 10.5. The maximum absolute atomic E-state index is 8.85. The van der Waals surface area contributed by atoms with Crippen molar-refractivity contribution in [3.63, 3.8) is 0 Å². The van der Waals surface area contributed by atoms with Gasteiger partial charge in [0, 0.05) is 13.1 Å². The van der Waals surface area contributed by atoms with Crippen LogP contribution in [0.15, 0.2) is 35.5 Å². The van der Waals surface area contributed by atoms with Gasteiger partial charge in [0.1, 0.15) is 11.6 Å². The number of nitriles is 1. The Morgan fingerprint density at radius 2 is 2.16 bits per heavy atom. The van der Waals surface area contributed by atoms with Crippen molar-refractivity contribution in [1.82, 2.24) is 9.97 Å². The van der Waals surface area contributed by atoms with Crippen LogP contribution < -0.4 is 10.1 Å². The van der Waals surface area contributed by atoms with E-state index in [2.05, 4.69) is 21.4 Å². The lowest BCUT2D eigenvalue weighted by atomic mass is 10.2. The molecule has 0 amide bonds. The Morgan fingerprint density at radius 3 is 2.84 bits per heavy atom. The van der Waals surface area contributed by atoms with Crippen LogP contribution in [0.25, 0.3) is 0 Å². The molecule has 0 bridgehead atoms. The van der Waals surface area contributed by atoms with Crippen molar-refractivity contribution < 1.29 is 4.74 Å². The average molecular weight is 272 g/mol. The smallest absolute Gasteiger partial charge is 0.225 e. The summed E-state index contributed by atoms with van der Waals surface area (Å²) in [5.41, 5.74) is 0.547. The molecule has 0 saturated carbocycles. The fraction of sp³-hybridized carbons (Fsp3) is 0.154. The maximum Gasteiger partial charge on any atom is 0.225 e. The third kappa shape index (κ3) is 3.36. The monoisotopic (exact) mass is 272 g/mol. The topological polar surface area (TPSA) is 70.8 Å². The SMILES string of the molecule is CNc1cc(Oc2cccc(C#N)c2)nc(SC)n1. The predicted octanol–water partition coefficient (Wildman–Crippen LogP) is 2.90. The van der Waals surface area contributed by atoms with Crippen LogP contribution in [0.5, 0.6) is 11.6 Å². The summed E-state index contributed by atoms with van der Waals surface area (Å²) in [5.74, 6) is 1.71. The quantitative estimate of drug-likeness (QED) is 0.681. The van der Waals surface area contributed by atoms with Gasteiger partial charge in [-0.2, -0.15) is 10.2 Å². The first-order valence-electron chi connectivity index (χ1n) is 5.54. The zero-order chi connectivity index (χ0) is 13.7. The summed E-state index contributed by atoms with van der Waals surface area (Å²) < 4.78 is 5.65. The molecule has 0 fully saturated rings. The minimum Gasteiger partial charge on any atom is -0.439 e. The lowest BCUT2D eigenvalue weighted by molar-refractivity contribution is 0.456. The fourth-order valence-electron chi connectivity index (χ4n) is 1.43. The van der Waals surface area contributed by atoms with Crippen molar-refractivity contribution in [2.75, 3.05) is 18.6 Å². The van der Waals surface area contributed by atoms with Gasteiger partial charge >= 0.3 is 0 Å². The number of rotatable bonds is 4. The van der Waals surface area contributed by atoms with Gasteiger partial charge in [-0.1, -0.05) is 17.8 Å². The molecule has 0 radical (unpaired) electrons. The van der Waals surface area contributed by atoms with Crippen LogP contribution in [0.4, 0.5) is 5.82 Å². The summed E-state index contributed by atoms with van der Waals surface area (Å²) in [5, 5.41) is 12.4.